The largest absolute Gasteiger partial charge is 0.451 e. The Morgan fingerprint density at radius 2 is 1.76 bits per heavy atom. The highest BCUT2D eigenvalue weighted by Gasteiger charge is 2.15. The lowest BCUT2D eigenvalue weighted by molar-refractivity contribution is -0.117. The van der Waals surface area contributed by atoms with Crippen LogP contribution in [0.1, 0.15) is 21.7 Å². The van der Waals surface area contributed by atoms with Gasteiger partial charge in [0.05, 0.1) is 10.0 Å². The molecule has 0 spiro atoms. The Morgan fingerprint density at radius 1 is 1.00 bits per heavy atom. The molecule has 3 aromatic rings. The summed E-state index contributed by atoms with van der Waals surface area (Å²) in [6.45, 7) is 0.212. The van der Waals surface area contributed by atoms with Crippen molar-refractivity contribution in [3.05, 3.63) is 97.1 Å². The van der Waals surface area contributed by atoms with Crippen molar-refractivity contribution in [2.45, 2.75) is 6.54 Å². The van der Waals surface area contributed by atoms with Crippen LogP contribution in [0.15, 0.2) is 70.8 Å². The van der Waals surface area contributed by atoms with Crippen molar-refractivity contribution in [2.24, 2.45) is 0 Å². The van der Waals surface area contributed by atoms with E-state index in [-0.39, 0.29) is 12.2 Å². The summed E-state index contributed by atoms with van der Waals surface area (Å²) in [5.74, 6) is -0.419. The van der Waals surface area contributed by atoms with Crippen LogP contribution >= 0.6 is 45.8 Å². The average molecular weight is 541 g/mol. The Bertz CT molecular complexity index is 1060. The number of hydrogen-bond donors (Lipinski definition) is 2. The van der Waals surface area contributed by atoms with Gasteiger partial charge in [-0.05, 0) is 64.6 Å². The molecule has 5 nitrogen and oxygen atoms in total. The van der Waals surface area contributed by atoms with Gasteiger partial charge in [-0.3, -0.25) is 9.59 Å². The van der Waals surface area contributed by atoms with Gasteiger partial charge in [0.1, 0.15) is 11.5 Å². The van der Waals surface area contributed by atoms with Crippen LogP contribution in [-0.2, 0) is 11.3 Å². The lowest BCUT2D eigenvalue weighted by Crippen LogP contribution is -2.34. The quantitative estimate of drug-likeness (QED) is 0.330. The number of benzene rings is 2. The number of carbonyl (C=O) groups is 2. The summed E-state index contributed by atoms with van der Waals surface area (Å²) in [4.78, 5) is 25.3. The zero-order valence-electron chi connectivity index (χ0n) is 14.9. The van der Waals surface area contributed by atoms with Gasteiger partial charge in [-0.15, -0.1) is 0 Å². The van der Waals surface area contributed by atoms with Gasteiger partial charge in [-0.1, -0.05) is 47.5 Å². The fraction of sp³-hybridized carbons (Fsp3) is 0.0476. The van der Waals surface area contributed by atoms with Crippen LogP contribution in [0, 0.1) is 3.77 Å². The first-order chi connectivity index (χ1) is 13.9. The first kappa shape index (κ1) is 21.4. The molecule has 2 amide bonds. The van der Waals surface area contributed by atoms with Crippen molar-refractivity contribution in [1.29, 1.82) is 0 Å². The Balaban J connectivity index is 1.78. The predicted molar refractivity (Wildman–Crippen MR) is 122 cm³/mol. The average Bonchev–Trinajstić information content (AvgIpc) is 3.13. The molecule has 0 aliphatic rings. The van der Waals surface area contributed by atoms with Gasteiger partial charge in [-0.2, -0.15) is 0 Å². The molecule has 0 saturated carbocycles. The van der Waals surface area contributed by atoms with Crippen molar-refractivity contribution in [1.82, 2.24) is 10.6 Å². The van der Waals surface area contributed by atoms with Gasteiger partial charge in [-0.25, -0.2) is 0 Å². The molecule has 0 aliphatic carbocycles. The molecule has 0 atom stereocenters. The highest BCUT2D eigenvalue weighted by Crippen LogP contribution is 2.22. The van der Waals surface area contributed by atoms with E-state index >= 15 is 0 Å². The summed E-state index contributed by atoms with van der Waals surface area (Å²) in [6, 6.07) is 17.2. The van der Waals surface area contributed by atoms with Crippen LogP contribution < -0.4 is 10.6 Å². The molecule has 0 bridgehead atoms. The molecule has 8 heteroatoms. The summed E-state index contributed by atoms with van der Waals surface area (Å²) in [7, 11) is 0. The third kappa shape index (κ3) is 6.09. The van der Waals surface area contributed by atoms with Crippen LogP contribution in [0.2, 0.25) is 10.0 Å². The topological polar surface area (TPSA) is 71.3 Å². The summed E-state index contributed by atoms with van der Waals surface area (Å²) >= 11 is 13.9. The second-order valence-corrected chi connectivity index (χ2v) is 7.83. The van der Waals surface area contributed by atoms with E-state index in [1.807, 2.05) is 28.7 Å². The molecule has 1 heterocycles. The first-order valence-electron chi connectivity index (χ1n) is 8.48. The van der Waals surface area contributed by atoms with Gasteiger partial charge in [0.25, 0.3) is 11.8 Å². The standard InChI is InChI=1S/C21H15Cl2IN2O3/c22-16-8-6-13(10-17(16)23)12-25-21(28)18(11-15-7-9-19(24)29-15)26-20(27)14-4-2-1-3-5-14/h1-11H,12H2,(H,25,28)(H,26,27)/b18-11-. The van der Waals surface area contributed by atoms with Crippen molar-refractivity contribution in [2.75, 3.05) is 0 Å². The van der Waals surface area contributed by atoms with Crippen LogP contribution in [-0.4, -0.2) is 11.8 Å². The number of carbonyl (C=O) groups excluding carboxylic acids is 2. The third-order valence-corrected chi connectivity index (χ3v) is 5.17. The second kappa shape index (κ2) is 9.96. The number of hydrogen-bond acceptors (Lipinski definition) is 3. The minimum atomic E-state index is -0.466. The summed E-state index contributed by atoms with van der Waals surface area (Å²) < 4.78 is 6.16. The molecule has 29 heavy (non-hydrogen) atoms. The van der Waals surface area contributed by atoms with Crippen LogP contribution in [0.4, 0.5) is 0 Å². The Kier molecular flexibility index (Phi) is 7.35. The van der Waals surface area contributed by atoms with Crippen LogP contribution in [0.3, 0.4) is 0 Å². The highest BCUT2D eigenvalue weighted by atomic mass is 127. The lowest BCUT2D eigenvalue weighted by Gasteiger charge is -2.11. The van der Waals surface area contributed by atoms with Crippen molar-refractivity contribution < 1.29 is 14.0 Å². The number of nitrogens with one attached hydrogen (secondary N) is 2. The molecule has 0 unspecified atom stereocenters. The van der Waals surface area contributed by atoms with Crippen LogP contribution in [0.25, 0.3) is 6.08 Å². The Morgan fingerprint density at radius 3 is 2.41 bits per heavy atom. The normalized spacial score (nSPS) is 11.2. The summed E-state index contributed by atoms with van der Waals surface area (Å²) in [5.41, 5.74) is 1.27. The van der Waals surface area contributed by atoms with E-state index in [1.165, 1.54) is 6.08 Å². The number of furan rings is 1. The zero-order valence-corrected chi connectivity index (χ0v) is 18.6. The second-order valence-electron chi connectivity index (χ2n) is 5.95. The maximum absolute atomic E-state index is 12.7. The molecule has 2 aromatic carbocycles. The molecule has 3 rings (SSSR count). The number of halogens is 3. The highest BCUT2D eigenvalue weighted by molar-refractivity contribution is 14.1. The SMILES string of the molecule is O=C(NCc1ccc(Cl)c(Cl)c1)/C(=C/c1ccc(I)o1)NC(=O)c1ccccc1. The lowest BCUT2D eigenvalue weighted by atomic mass is 10.2. The number of rotatable bonds is 6. The molecule has 2 N–H and O–H groups in total. The van der Waals surface area contributed by atoms with E-state index in [0.717, 1.165) is 5.56 Å². The van der Waals surface area contributed by atoms with Crippen molar-refractivity contribution in [3.8, 4) is 0 Å². The van der Waals surface area contributed by atoms with Crippen molar-refractivity contribution >= 4 is 63.7 Å². The van der Waals surface area contributed by atoms with E-state index < -0.39 is 11.8 Å². The van der Waals surface area contributed by atoms with E-state index in [4.69, 9.17) is 27.6 Å². The maximum atomic E-state index is 12.7. The van der Waals surface area contributed by atoms with E-state index in [0.29, 0.717) is 25.1 Å². The van der Waals surface area contributed by atoms with E-state index in [9.17, 15) is 9.59 Å². The minimum Gasteiger partial charge on any atom is -0.451 e. The zero-order chi connectivity index (χ0) is 20.8. The summed E-state index contributed by atoms with van der Waals surface area (Å²) in [5, 5.41) is 6.25. The van der Waals surface area contributed by atoms with Crippen LogP contribution in [0.5, 0.6) is 0 Å². The molecular formula is C21H15Cl2IN2O3. The first-order valence-corrected chi connectivity index (χ1v) is 10.3. The molecule has 0 saturated heterocycles. The fourth-order valence-electron chi connectivity index (χ4n) is 2.42. The molecule has 0 aliphatic heterocycles. The fourth-order valence-corrected chi connectivity index (χ4v) is 3.17. The van der Waals surface area contributed by atoms with Gasteiger partial charge in [0.15, 0.2) is 3.77 Å². The monoisotopic (exact) mass is 540 g/mol. The van der Waals surface area contributed by atoms with Gasteiger partial charge < -0.3 is 15.1 Å². The smallest absolute Gasteiger partial charge is 0.268 e. The van der Waals surface area contributed by atoms with Gasteiger partial charge in [0.2, 0.25) is 0 Å². The molecule has 0 fully saturated rings. The molecule has 148 valence electrons. The van der Waals surface area contributed by atoms with E-state index in [2.05, 4.69) is 10.6 Å². The maximum Gasteiger partial charge on any atom is 0.268 e. The Labute approximate surface area is 191 Å². The molecule has 1 aromatic heterocycles. The van der Waals surface area contributed by atoms with Crippen molar-refractivity contribution in [3.63, 3.8) is 0 Å². The van der Waals surface area contributed by atoms with E-state index in [1.54, 1.807) is 54.6 Å². The molecule has 0 radical (unpaired) electrons. The predicted octanol–water partition coefficient (Wildman–Crippen LogP) is 5.28. The van der Waals surface area contributed by atoms with Gasteiger partial charge >= 0.3 is 0 Å². The number of amides is 2. The minimum absolute atomic E-state index is 0.0599. The third-order valence-electron chi connectivity index (χ3n) is 3.85. The molecular weight excluding hydrogens is 526 g/mol. The Hall–Kier alpha value is -2.29. The summed E-state index contributed by atoms with van der Waals surface area (Å²) in [6.07, 6.45) is 1.48. The van der Waals surface area contributed by atoms with Gasteiger partial charge in [0, 0.05) is 18.2 Å².